The van der Waals surface area contributed by atoms with E-state index < -0.39 is 33.6 Å². The summed E-state index contributed by atoms with van der Waals surface area (Å²) >= 11 is 0. The van der Waals surface area contributed by atoms with E-state index in [1.54, 1.807) is 17.7 Å². The molecule has 15 heteroatoms. The number of amides is 1. The molecular weight excluding hydrogens is 541 g/mol. The molecule has 0 bridgehead atoms. The third kappa shape index (κ3) is 6.14. The highest BCUT2D eigenvalue weighted by molar-refractivity contribution is 7.93. The number of hydrogen-bond donors (Lipinski definition) is 4. The first-order valence-electron chi connectivity index (χ1n) is 11.5. The summed E-state index contributed by atoms with van der Waals surface area (Å²) in [5, 5.41) is 13.5. The summed E-state index contributed by atoms with van der Waals surface area (Å²) in [6, 6.07) is 10.8. The number of carbonyl (C=O) groups excluding carboxylic acids is 1. The van der Waals surface area contributed by atoms with Gasteiger partial charge in [-0.25, -0.2) is 12.8 Å². The second-order valence-corrected chi connectivity index (χ2v) is 9.92. The van der Waals surface area contributed by atoms with Gasteiger partial charge in [0.2, 0.25) is 0 Å². The summed E-state index contributed by atoms with van der Waals surface area (Å²) in [5.74, 6) is -4.28. The molecule has 1 amide bonds. The number of sulfonamides is 1. The van der Waals surface area contributed by atoms with E-state index in [2.05, 4.69) is 20.7 Å². The number of hydrogen-bond acceptors (Lipinski definition) is 8. The van der Waals surface area contributed by atoms with Crippen molar-refractivity contribution in [1.82, 2.24) is 15.4 Å². The summed E-state index contributed by atoms with van der Waals surface area (Å²) in [5.41, 5.74) is 6.18. The lowest BCUT2D eigenvalue weighted by molar-refractivity contribution is 0.100. The molecule has 0 saturated heterocycles. The van der Waals surface area contributed by atoms with Crippen molar-refractivity contribution < 1.29 is 35.6 Å². The minimum Gasteiger partial charge on any atom is -0.484 e. The second kappa shape index (κ2) is 11.1. The van der Waals surface area contributed by atoms with Crippen LogP contribution >= 0.6 is 0 Å². The Balaban J connectivity index is 1.74. The normalized spacial score (nSPS) is 12.4. The molecule has 1 atom stereocenters. The van der Waals surface area contributed by atoms with Gasteiger partial charge in [0.1, 0.15) is 29.0 Å². The Morgan fingerprint density at radius 1 is 1.18 bits per heavy atom. The zero-order valence-electron chi connectivity index (χ0n) is 20.5. The zero-order chi connectivity index (χ0) is 28.3. The van der Waals surface area contributed by atoms with Gasteiger partial charge in [0, 0.05) is 18.1 Å². The highest BCUT2D eigenvalue weighted by atomic mass is 32.2. The molecule has 4 rings (SSSR count). The van der Waals surface area contributed by atoms with Gasteiger partial charge in [-0.1, -0.05) is 30.3 Å². The van der Waals surface area contributed by atoms with Crippen LogP contribution < -0.4 is 20.5 Å². The number of nitrogens with two attached hydrogens (primary N) is 1. The van der Waals surface area contributed by atoms with Crippen molar-refractivity contribution in [3.8, 4) is 17.0 Å². The van der Waals surface area contributed by atoms with E-state index in [0.717, 1.165) is 0 Å². The molecule has 4 aromatic rings. The summed E-state index contributed by atoms with van der Waals surface area (Å²) in [6.07, 6.45) is -0.172. The average Bonchev–Trinajstić information content (AvgIpc) is 3.52. The topological polar surface area (TPSA) is 165 Å². The van der Waals surface area contributed by atoms with Crippen LogP contribution in [0.4, 0.5) is 30.5 Å². The first-order chi connectivity index (χ1) is 18.5. The van der Waals surface area contributed by atoms with Crippen molar-refractivity contribution in [2.24, 2.45) is 5.73 Å². The molecule has 0 fully saturated rings. The number of ether oxygens (including phenoxy) is 1. The summed E-state index contributed by atoms with van der Waals surface area (Å²) in [4.78, 5) is 12.4. The number of nitrogens with one attached hydrogen (secondary N) is 3. The molecule has 0 spiro atoms. The number of benzene rings is 2. The Bertz CT molecular complexity index is 1590. The van der Waals surface area contributed by atoms with Gasteiger partial charge < -0.3 is 20.3 Å². The van der Waals surface area contributed by atoms with Crippen LogP contribution in [0.3, 0.4) is 0 Å². The van der Waals surface area contributed by atoms with Gasteiger partial charge >= 0.3 is 5.76 Å². The van der Waals surface area contributed by atoms with Crippen molar-refractivity contribution >= 4 is 33.3 Å². The standard InChI is InChI=1S/C24H23F3N6O5S/c1-3-16-11-19(32-38-16)29-23-20(22(28)34)21(30-31-23)14-6-9-17(33-39(35,36)24(26)27)18(10-14)37-12(2)13-4-7-15(25)8-5-13/h4-12,24,33H,3H2,1-2H3,(H2,28,34)(H2,29,30,31,32). The third-order valence-corrected chi connectivity index (χ3v) is 6.54. The molecule has 0 aliphatic carbocycles. The number of halogens is 3. The molecule has 5 N–H and O–H groups in total. The molecule has 2 aromatic carbocycles. The number of anilines is 3. The van der Waals surface area contributed by atoms with E-state index in [1.807, 2.05) is 6.92 Å². The van der Waals surface area contributed by atoms with Crippen molar-refractivity contribution in [3.63, 3.8) is 0 Å². The fraction of sp³-hybridized carbons (Fsp3) is 0.208. The Hall–Kier alpha value is -4.53. The summed E-state index contributed by atoms with van der Waals surface area (Å²) < 4.78 is 76.1. The molecule has 206 valence electrons. The Morgan fingerprint density at radius 3 is 2.51 bits per heavy atom. The van der Waals surface area contributed by atoms with E-state index in [1.165, 1.54) is 42.5 Å². The Kier molecular flexibility index (Phi) is 7.80. The van der Waals surface area contributed by atoms with Gasteiger partial charge in [0.05, 0.1) is 11.4 Å². The highest BCUT2D eigenvalue weighted by Crippen LogP contribution is 2.37. The fourth-order valence-electron chi connectivity index (χ4n) is 3.59. The highest BCUT2D eigenvalue weighted by Gasteiger charge is 2.27. The molecule has 0 radical (unpaired) electrons. The lowest BCUT2D eigenvalue weighted by Crippen LogP contribution is -2.21. The molecule has 1 unspecified atom stereocenters. The van der Waals surface area contributed by atoms with E-state index in [4.69, 9.17) is 15.0 Å². The van der Waals surface area contributed by atoms with Crippen molar-refractivity contribution in [2.75, 3.05) is 10.0 Å². The van der Waals surface area contributed by atoms with Crippen LogP contribution in [0.25, 0.3) is 11.3 Å². The number of H-pyrrole nitrogens is 1. The van der Waals surface area contributed by atoms with Crippen molar-refractivity contribution in [2.45, 2.75) is 32.1 Å². The molecule has 0 saturated carbocycles. The number of carbonyl (C=O) groups is 1. The van der Waals surface area contributed by atoms with E-state index in [0.29, 0.717) is 17.7 Å². The van der Waals surface area contributed by atoms with Gasteiger partial charge in [-0.15, -0.1) is 0 Å². The van der Waals surface area contributed by atoms with Gasteiger partial charge in [0.25, 0.3) is 15.9 Å². The lowest BCUT2D eigenvalue weighted by atomic mass is 10.1. The average molecular weight is 565 g/mol. The monoisotopic (exact) mass is 564 g/mol. The van der Waals surface area contributed by atoms with Gasteiger partial charge in [-0.3, -0.25) is 14.6 Å². The number of aryl methyl sites for hydroxylation is 1. The summed E-state index contributed by atoms with van der Waals surface area (Å²) in [7, 11) is -5.04. The first-order valence-corrected chi connectivity index (χ1v) is 13.0. The number of alkyl halides is 2. The predicted molar refractivity (Wildman–Crippen MR) is 136 cm³/mol. The molecule has 2 aromatic heterocycles. The second-order valence-electron chi connectivity index (χ2n) is 8.27. The SMILES string of the molecule is CCc1cc(Nc2n[nH]c(-c3ccc(NS(=O)(=O)C(F)F)c(OC(C)c4ccc(F)cc4)c3)c2C(N)=O)no1. The van der Waals surface area contributed by atoms with Gasteiger partial charge in [-0.2, -0.15) is 13.9 Å². The largest absolute Gasteiger partial charge is 0.484 e. The van der Waals surface area contributed by atoms with E-state index >= 15 is 0 Å². The predicted octanol–water partition coefficient (Wildman–Crippen LogP) is 4.71. The molecule has 0 aliphatic rings. The Labute approximate surface area is 220 Å². The van der Waals surface area contributed by atoms with Gasteiger partial charge in [-0.05, 0) is 36.8 Å². The Morgan fingerprint density at radius 2 is 1.90 bits per heavy atom. The van der Waals surface area contributed by atoms with Crippen LogP contribution in [0.15, 0.2) is 53.1 Å². The van der Waals surface area contributed by atoms with Crippen LogP contribution in [-0.2, 0) is 16.4 Å². The minimum absolute atomic E-state index is 0.0399. The lowest BCUT2D eigenvalue weighted by Gasteiger charge is -2.19. The van der Waals surface area contributed by atoms with Crippen LogP contribution in [0.1, 0.15) is 41.6 Å². The molecule has 11 nitrogen and oxygen atoms in total. The quantitative estimate of drug-likeness (QED) is 0.203. The number of rotatable bonds is 11. The number of aromatic amines is 1. The third-order valence-electron chi connectivity index (χ3n) is 5.57. The minimum atomic E-state index is -5.04. The summed E-state index contributed by atoms with van der Waals surface area (Å²) in [6.45, 7) is 3.47. The van der Waals surface area contributed by atoms with Crippen LogP contribution in [-0.4, -0.2) is 35.4 Å². The number of primary amides is 1. The van der Waals surface area contributed by atoms with E-state index in [9.17, 15) is 26.4 Å². The molecule has 39 heavy (non-hydrogen) atoms. The van der Waals surface area contributed by atoms with E-state index in [-0.39, 0.29) is 39.9 Å². The van der Waals surface area contributed by atoms with Crippen LogP contribution in [0.5, 0.6) is 5.75 Å². The smallest absolute Gasteiger partial charge is 0.355 e. The number of aromatic nitrogens is 3. The maximum absolute atomic E-state index is 13.4. The van der Waals surface area contributed by atoms with Crippen LogP contribution in [0.2, 0.25) is 0 Å². The number of nitrogens with zero attached hydrogens (tertiary/aromatic N) is 2. The zero-order valence-corrected chi connectivity index (χ0v) is 21.4. The maximum atomic E-state index is 13.4. The first kappa shape index (κ1) is 27.5. The molecule has 2 heterocycles. The fourth-order valence-corrected chi connectivity index (χ4v) is 4.16. The van der Waals surface area contributed by atoms with Gasteiger partial charge in [0.15, 0.2) is 11.6 Å². The maximum Gasteiger partial charge on any atom is 0.355 e. The molecule has 0 aliphatic heterocycles. The van der Waals surface area contributed by atoms with Crippen molar-refractivity contribution in [1.29, 1.82) is 0 Å². The van der Waals surface area contributed by atoms with Crippen molar-refractivity contribution in [3.05, 3.63) is 71.2 Å². The molecular formula is C24H23F3N6O5S. The van der Waals surface area contributed by atoms with Crippen LogP contribution in [0, 0.1) is 5.82 Å².